The van der Waals surface area contributed by atoms with Gasteiger partial charge < -0.3 is 20.4 Å². The highest BCUT2D eigenvalue weighted by Gasteiger charge is 2.23. The van der Waals surface area contributed by atoms with E-state index in [2.05, 4.69) is 10.3 Å². The molecule has 0 unspecified atom stereocenters. The summed E-state index contributed by atoms with van der Waals surface area (Å²) in [6.45, 7) is 2.15. The number of halogens is 2. The van der Waals surface area contributed by atoms with Gasteiger partial charge in [0.1, 0.15) is 24.0 Å². The molecule has 0 aliphatic heterocycles. The van der Waals surface area contributed by atoms with Gasteiger partial charge in [-0.3, -0.25) is 19.9 Å². The summed E-state index contributed by atoms with van der Waals surface area (Å²) in [4.78, 5) is 35.8. The van der Waals surface area contributed by atoms with E-state index in [1.165, 1.54) is 4.90 Å². The molecule has 0 saturated carbocycles. The molecule has 0 spiro atoms. The van der Waals surface area contributed by atoms with Crippen LogP contribution in [-0.2, 0) is 23.1 Å². The fraction of sp³-hybridized carbons (Fsp3) is 0.192. The number of aromatic nitrogens is 3. The molecular weight excluding hydrogens is 529 g/mol. The molecular formula is C26H29Cl2N7O3. The van der Waals surface area contributed by atoms with Gasteiger partial charge in [-0.15, -0.1) is 24.8 Å². The molecule has 0 atom stereocenters. The molecule has 12 heteroatoms. The summed E-state index contributed by atoms with van der Waals surface area (Å²) >= 11 is 0. The number of hydrogen-bond acceptors (Lipinski definition) is 7. The van der Waals surface area contributed by atoms with Crippen LogP contribution in [0, 0.1) is 5.41 Å². The quantitative estimate of drug-likeness (QED) is 0.161. The molecule has 4 aromatic rings. The molecule has 0 fully saturated rings. The van der Waals surface area contributed by atoms with Gasteiger partial charge >= 0.3 is 5.97 Å². The second-order valence-electron chi connectivity index (χ2n) is 8.02. The summed E-state index contributed by atoms with van der Waals surface area (Å²) < 4.78 is 7.00. The molecule has 0 radical (unpaired) electrons. The van der Waals surface area contributed by atoms with E-state index in [4.69, 9.17) is 20.9 Å². The van der Waals surface area contributed by atoms with E-state index < -0.39 is 5.97 Å². The van der Waals surface area contributed by atoms with E-state index in [0.717, 1.165) is 17.0 Å². The molecule has 2 aromatic carbocycles. The molecule has 0 aliphatic carbocycles. The fourth-order valence-electron chi connectivity index (χ4n) is 3.75. The monoisotopic (exact) mass is 557 g/mol. The molecule has 2 heterocycles. The van der Waals surface area contributed by atoms with Gasteiger partial charge in [-0.05, 0) is 61.5 Å². The molecule has 0 saturated heterocycles. The van der Waals surface area contributed by atoms with Crippen LogP contribution in [0.3, 0.4) is 0 Å². The number of nitrogens with two attached hydrogens (primary N) is 1. The standard InChI is InChI=1S/C26H27N7O3.2ClH/c1-3-36-24(34)16-33(22-6-4-5-13-29-22)26(35)18-9-12-21-20(14-18)31-23(32(21)2)15-30-19-10-7-17(8-11-19)25(27)28;;/h4-14,30H,3,15-16H2,1-2H3,(H3,27,28);2*1H. The number of fused-ring (bicyclic) bond motifs is 1. The zero-order valence-corrected chi connectivity index (χ0v) is 22.5. The van der Waals surface area contributed by atoms with Gasteiger partial charge in [0.2, 0.25) is 0 Å². The Morgan fingerprint density at radius 2 is 1.79 bits per heavy atom. The summed E-state index contributed by atoms with van der Waals surface area (Å²) in [6, 6.07) is 17.7. The number of benzene rings is 2. The van der Waals surface area contributed by atoms with Gasteiger partial charge in [0, 0.05) is 30.1 Å². The van der Waals surface area contributed by atoms with E-state index in [1.54, 1.807) is 55.6 Å². The summed E-state index contributed by atoms with van der Waals surface area (Å²) in [7, 11) is 1.91. The highest BCUT2D eigenvalue weighted by Crippen LogP contribution is 2.21. The molecule has 4 N–H and O–H groups in total. The summed E-state index contributed by atoms with van der Waals surface area (Å²) in [5.41, 5.74) is 8.94. The first kappa shape index (κ1) is 30.1. The molecule has 2 aromatic heterocycles. The van der Waals surface area contributed by atoms with Gasteiger partial charge in [-0.2, -0.15) is 0 Å². The van der Waals surface area contributed by atoms with Crippen LogP contribution in [0.1, 0.15) is 28.7 Å². The molecule has 1 amide bonds. The van der Waals surface area contributed by atoms with Crippen LogP contribution >= 0.6 is 24.8 Å². The number of hydrogen-bond donors (Lipinski definition) is 3. The van der Waals surface area contributed by atoms with Crippen LogP contribution in [0.15, 0.2) is 66.9 Å². The van der Waals surface area contributed by atoms with Gasteiger partial charge in [-0.25, -0.2) is 9.97 Å². The van der Waals surface area contributed by atoms with Crippen LogP contribution < -0.4 is 16.0 Å². The SMILES string of the molecule is CCOC(=O)CN(C(=O)c1ccc2c(c1)nc(CNc1ccc(C(=N)N)cc1)n2C)c1ccccn1.Cl.Cl. The minimum Gasteiger partial charge on any atom is -0.465 e. The lowest BCUT2D eigenvalue weighted by Crippen LogP contribution is -2.37. The Kier molecular flexibility index (Phi) is 10.6. The number of pyridine rings is 1. The van der Waals surface area contributed by atoms with Crippen molar-refractivity contribution in [2.75, 3.05) is 23.4 Å². The van der Waals surface area contributed by atoms with E-state index in [-0.39, 0.29) is 49.7 Å². The largest absolute Gasteiger partial charge is 0.465 e. The number of aryl methyl sites for hydroxylation is 1. The Morgan fingerprint density at radius 1 is 1.08 bits per heavy atom. The van der Waals surface area contributed by atoms with E-state index in [1.807, 2.05) is 29.8 Å². The van der Waals surface area contributed by atoms with Crippen LogP contribution in [0.5, 0.6) is 0 Å². The Morgan fingerprint density at radius 3 is 2.42 bits per heavy atom. The number of carbonyl (C=O) groups excluding carboxylic acids is 2. The Bertz CT molecular complexity index is 1410. The van der Waals surface area contributed by atoms with Crippen molar-refractivity contribution >= 4 is 65.1 Å². The third kappa shape index (κ3) is 6.78. The number of nitrogens with one attached hydrogen (secondary N) is 2. The van der Waals surface area contributed by atoms with Gasteiger partial charge in [0.25, 0.3) is 5.91 Å². The molecule has 4 rings (SSSR count). The lowest BCUT2D eigenvalue weighted by molar-refractivity contribution is -0.141. The normalized spacial score (nSPS) is 10.2. The van der Waals surface area contributed by atoms with Crippen LogP contribution in [0.2, 0.25) is 0 Å². The average molecular weight is 558 g/mol. The number of nitrogen functional groups attached to an aromatic ring is 1. The van der Waals surface area contributed by atoms with Crippen molar-refractivity contribution in [3.05, 3.63) is 83.8 Å². The first-order valence-corrected chi connectivity index (χ1v) is 11.4. The highest BCUT2D eigenvalue weighted by atomic mass is 35.5. The van der Waals surface area contributed by atoms with Crippen molar-refractivity contribution in [1.82, 2.24) is 14.5 Å². The maximum Gasteiger partial charge on any atom is 0.326 e. The number of ether oxygens (including phenoxy) is 1. The Labute approximate surface area is 232 Å². The maximum atomic E-state index is 13.4. The van der Waals surface area contributed by atoms with Crippen molar-refractivity contribution in [2.24, 2.45) is 12.8 Å². The predicted octanol–water partition coefficient (Wildman–Crippen LogP) is 3.92. The van der Waals surface area contributed by atoms with Crippen molar-refractivity contribution in [2.45, 2.75) is 13.5 Å². The topological polar surface area (TPSA) is 139 Å². The minimum atomic E-state index is -0.514. The number of rotatable bonds is 9. The van der Waals surface area contributed by atoms with Gasteiger partial charge in [0.05, 0.1) is 24.2 Å². The van der Waals surface area contributed by atoms with E-state index >= 15 is 0 Å². The van der Waals surface area contributed by atoms with Gasteiger partial charge in [-0.1, -0.05) is 6.07 Å². The number of esters is 1. The number of anilines is 2. The van der Waals surface area contributed by atoms with Crippen LogP contribution in [0.4, 0.5) is 11.5 Å². The Hall–Kier alpha value is -4.15. The highest BCUT2D eigenvalue weighted by molar-refractivity contribution is 6.09. The van der Waals surface area contributed by atoms with Crippen LogP contribution in [-0.4, -0.2) is 45.4 Å². The Balaban J connectivity index is 0.00000253. The lowest BCUT2D eigenvalue weighted by Gasteiger charge is -2.20. The third-order valence-corrected chi connectivity index (χ3v) is 5.63. The zero-order valence-electron chi connectivity index (χ0n) is 20.9. The van der Waals surface area contributed by atoms with Gasteiger partial charge in [0.15, 0.2) is 0 Å². The molecule has 38 heavy (non-hydrogen) atoms. The number of imidazole rings is 1. The number of nitrogens with zero attached hydrogens (tertiary/aromatic N) is 4. The smallest absolute Gasteiger partial charge is 0.326 e. The summed E-state index contributed by atoms with van der Waals surface area (Å²) in [5, 5.41) is 10.8. The second kappa shape index (κ2) is 13.4. The molecule has 10 nitrogen and oxygen atoms in total. The zero-order chi connectivity index (χ0) is 25.7. The number of amidine groups is 1. The first-order valence-electron chi connectivity index (χ1n) is 11.4. The van der Waals surface area contributed by atoms with Crippen LogP contribution in [0.25, 0.3) is 11.0 Å². The first-order chi connectivity index (χ1) is 17.4. The molecule has 0 bridgehead atoms. The summed E-state index contributed by atoms with van der Waals surface area (Å²) in [5.74, 6) is 0.265. The predicted molar refractivity (Wildman–Crippen MR) is 153 cm³/mol. The fourth-order valence-corrected chi connectivity index (χ4v) is 3.75. The molecule has 0 aliphatic rings. The molecule has 200 valence electrons. The summed E-state index contributed by atoms with van der Waals surface area (Å²) in [6.07, 6.45) is 1.57. The van der Waals surface area contributed by atoms with Crippen molar-refractivity contribution < 1.29 is 14.3 Å². The van der Waals surface area contributed by atoms with Crippen molar-refractivity contribution in [3.8, 4) is 0 Å². The van der Waals surface area contributed by atoms with E-state index in [9.17, 15) is 9.59 Å². The second-order valence-corrected chi connectivity index (χ2v) is 8.02. The third-order valence-electron chi connectivity index (χ3n) is 5.63. The maximum absolute atomic E-state index is 13.4. The van der Waals surface area contributed by atoms with E-state index in [0.29, 0.717) is 29.0 Å². The lowest BCUT2D eigenvalue weighted by atomic mass is 10.1. The average Bonchev–Trinajstić information content (AvgIpc) is 3.21. The van der Waals surface area contributed by atoms with Crippen molar-refractivity contribution in [3.63, 3.8) is 0 Å². The number of amides is 1. The number of carbonyl (C=O) groups is 2. The van der Waals surface area contributed by atoms with Crippen molar-refractivity contribution in [1.29, 1.82) is 5.41 Å². The minimum absolute atomic E-state index is 0.